The number of aromatic nitrogens is 1. The Hall–Kier alpha value is -1.61. The second-order valence-corrected chi connectivity index (χ2v) is 5.04. The van der Waals surface area contributed by atoms with Crippen molar-refractivity contribution in [3.8, 4) is 0 Å². The number of rotatable bonds is 3. The summed E-state index contributed by atoms with van der Waals surface area (Å²) in [7, 11) is 0. The van der Waals surface area contributed by atoms with Crippen LogP contribution in [0.15, 0.2) is 28.8 Å². The quantitative estimate of drug-likeness (QED) is 0.899. The highest BCUT2D eigenvalue weighted by molar-refractivity contribution is 5.37. The fourth-order valence-corrected chi connectivity index (χ4v) is 2.63. The third-order valence-electron chi connectivity index (χ3n) is 3.55. The molecule has 1 aliphatic rings. The second kappa shape index (κ2) is 4.58. The Bertz CT molecular complexity index is 559. The number of benzene rings is 1. The van der Waals surface area contributed by atoms with Gasteiger partial charge in [-0.05, 0) is 37.8 Å². The smallest absolute Gasteiger partial charge is 0.208 e. The van der Waals surface area contributed by atoms with Crippen LogP contribution in [-0.2, 0) is 13.0 Å². The van der Waals surface area contributed by atoms with Crippen LogP contribution in [0.1, 0.15) is 40.8 Å². The second-order valence-electron chi connectivity index (χ2n) is 5.04. The predicted molar refractivity (Wildman–Crippen MR) is 70.3 cm³/mol. The number of nitrogens with one attached hydrogen (secondary N) is 1. The Morgan fingerprint density at radius 3 is 3.06 bits per heavy atom. The molecule has 0 bridgehead atoms. The van der Waals surface area contributed by atoms with E-state index in [4.69, 9.17) is 4.42 Å². The van der Waals surface area contributed by atoms with Gasteiger partial charge in [-0.1, -0.05) is 23.8 Å². The number of hydrogen-bond donors (Lipinski definition) is 1. The van der Waals surface area contributed by atoms with E-state index in [0.29, 0.717) is 12.6 Å². The van der Waals surface area contributed by atoms with Gasteiger partial charge in [0.2, 0.25) is 5.89 Å². The molecule has 1 unspecified atom stereocenters. The highest BCUT2D eigenvalue weighted by Gasteiger charge is 2.22. The van der Waals surface area contributed by atoms with Gasteiger partial charge in [-0.15, -0.1) is 0 Å². The third-order valence-corrected chi connectivity index (χ3v) is 3.55. The monoisotopic (exact) mass is 242 g/mol. The maximum atomic E-state index is 5.48. The summed E-state index contributed by atoms with van der Waals surface area (Å²) >= 11 is 0. The van der Waals surface area contributed by atoms with Crippen molar-refractivity contribution in [3.05, 3.63) is 52.7 Å². The molecular weight excluding hydrogens is 224 g/mol. The molecule has 18 heavy (non-hydrogen) atoms. The molecule has 0 fully saturated rings. The lowest BCUT2D eigenvalue weighted by Gasteiger charge is -2.13. The Kier molecular flexibility index (Phi) is 2.92. The van der Waals surface area contributed by atoms with E-state index < -0.39 is 0 Å². The SMILES string of the molecule is Cc1ccc2c(c1)C(NCc1ncc(C)o1)CC2. The van der Waals surface area contributed by atoms with Gasteiger partial charge in [-0.25, -0.2) is 4.98 Å². The van der Waals surface area contributed by atoms with E-state index >= 15 is 0 Å². The molecule has 1 aromatic heterocycles. The van der Waals surface area contributed by atoms with Crippen LogP contribution in [0.4, 0.5) is 0 Å². The minimum atomic E-state index is 0.437. The van der Waals surface area contributed by atoms with E-state index in [1.54, 1.807) is 6.20 Å². The van der Waals surface area contributed by atoms with E-state index in [0.717, 1.165) is 18.1 Å². The van der Waals surface area contributed by atoms with Gasteiger partial charge < -0.3 is 9.73 Å². The van der Waals surface area contributed by atoms with Crippen LogP contribution in [0, 0.1) is 13.8 Å². The normalized spacial score (nSPS) is 18.0. The molecule has 1 atom stereocenters. The van der Waals surface area contributed by atoms with Gasteiger partial charge in [0.05, 0.1) is 12.7 Å². The fourth-order valence-electron chi connectivity index (χ4n) is 2.63. The topological polar surface area (TPSA) is 38.1 Å². The standard InChI is InChI=1S/C15H18N2O/c1-10-3-4-12-5-6-14(13(12)7-10)16-9-15-17-8-11(2)18-15/h3-4,7-8,14,16H,5-6,9H2,1-2H3. The fraction of sp³-hybridized carbons (Fsp3) is 0.400. The largest absolute Gasteiger partial charge is 0.445 e. The van der Waals surface area contributed by atoms with E-state index in [1.165, 1.54) is 23.1 Å². The van der Waals surface area contributed by atoms with E-state index in [1.807, 2.05) is 6.92 Å². The van der Waals surface area contributed by atoms with Crippen LogP contribution in [0.2, 0.25) is 0 Å². The number of oxazole rings is 1. The molecule has 1 N–H and O–H groups in total. The Labute approximate surface area is 107 Å². The molecule has 0 aliphatic heterocycles. The van der Waals surface area contributed by atoms with Gasteiger partial charge in [-0.3, -0.25) is 0 Å². The van der Waals surface area contributed by atoms with Crippen molar-refractivity contribution in [2.75, 3.05) is 0 Å². The first-order valence-electron chi connectivity index (χ1n) is 6.46. The Morgan fingerprint density at radius 1 is 1.39 bits per heavy atom. The zero-order valence-corrected chi connectivity index (χ0v) is 10.9. The molecule has 1 aliphatic carbocycles. The molecule has 0 amide bonds. The van der Waals surface area contributed by atoms with E-state index in [-0.39, 0.29) is 0 Å². The van der Waals surface area contributed by atoms with Crippen molar-refractivity contribution in [2.45, 2.75) is 39.3 Å². The Morgan fingerprint density at radius 2 is 2.28 bits per heavy atom. The first-order valence-corrected chi connectivity index (χ1v) is 6.46. The summed E-state index contributed by atoms with van der Waals surface area (Å²) in [6.45, 7) is 4.77. The molecule has 94 valence electrons. The van der Waals surface area contributed by atoms with Gasteiger partial charge in [0, 0.05) is 6.04 Å². The molecule has 0 radical (unpaired) electrons. The van der Waals surface area contributed by atoms with Crippen LogP contribution in [0.5, 0.6) is 0 Å². The summed E-state index contributed by atoms with van der Waals surface area (Å²) in [5.41, 5.74) is 4.24. The van der Waals surface area contributed by atoms with Crippen LogP contribution in [0.3, 0.4) is 0 Å². The highest BCUT2D eigenvalue weighted by atomic mass is 16.4. The minimum absolute atomic E-state index is 0.437. The van der Waals surface area contributed by atoms with Crippen molar-refractivity contribution < 1.29 is 4.42 Å². The van der Waals surface area contributed by atoms with Gasteiger partial charge in [0.1, 0.15) is 5.76 Å². The maximum Gasteiger partial charge on any atom is 0.208 e. The third kappa shape index (κ3) is 2.18. The summed E-state index contributed by atoms with van der Waals surface area (Å²) in [4.78, 5) is 4.22. The van der Waals surface area contributed by atoms with Gasteiger partial charge in [0.15, 0.2) is 0 Å². The first kappa shape index (κ1) is 11.5. The Balaban J connectivity index is 1.71. The van der Waals surface area contributed by atoms with Crippen LogP contribution >= 0.6 is 0 Å². The molecule has 1 heterocycles. The highest BCUT2D eigenvalue weighted by Crippen LogP contribution is 2.31. The van der Waals surface area contributed by atoms with Crippen molar-refractivity contribution >= 4 is 0 Å². The van der Waals surface area contributed by atoms with Crippen LogP contribution in [-0.4, -0.2) is 4.98 Å². The average Bonchev–Trinajstić information content (AvgIpc) is 2.93. The van der Waals surface area contributed by atoms with E-state index in [2.05, 4.69) is 35.4 Å². The predicted octanol–water partition coefficient (Wildman–Crippen LogP) is 3.07. The summed E-state index contributed by atoms with van der Waals surface area (Å²) in [6, 6.07) is 7.17. The molecule has 0 spiro atoms. The molecule has 2 aromatic rings. The van der Waals surface area contributed by atoms with Crippen LogP contribution in [0.25, 0.3) is 0 Å². The summed E-state index contributed by atoms with van der Waals surface area (Å²) in [5.74, 6) is 1.64. The lowest BCUT2D eigenvalue weighted by Crippen LogP contribution is -2.18. The zero-order valence-electron chi connectivity index (χ0n) is 10.9. The van der Waals surface area contributed by atoms with Crippen molar-refractivity contribution in [3.63, 3.8) is 0 Å². The minimum Gasteiger partial charge on any atom is -0.445 e. The number of fused-ring (bicyclic) bond motifs is 1. The molecule has 3 rings (SSSR count). The maximum absolute atomic E-state index is 5.48. The number of nitrogens with zero attached hydrogens (tertiary/aromatic N) is 1. The van der Waals surface area contributed by atoms with Crippen molar-refractivity contribution in [1.29, 1.82) is 0 Å². The lowest BCUT2D eigenvalue weighted by molar-refractivity contribution is 0.423. The number of hydrogen-bond acceptors (Lipinski definition) is 3. The zero-order chi connectivity index (χ0) is 12.5. The molecule has 3 heteroatoms. The number of aryl methyl sites for hydroxylation is 3. The van der Waals surface area contributed by atoms with E-state index in [9.17, 15) is 0 Å². The summed E-state index contributed by atoms with van der Waals surface area (Å²) in [5, 5.41) is 3.54. The molecule has 3 nitrogen and oxygen atoms in total. The lowest BCUT2D eigenvalue weighted by atomic mass is 10.1. The summed E-state index contributed by atoms with van der Waals surface area (Å²) < 4.78 is 5.48. The molecule has 0 saturated carbocycles. The average molecular weight is 242 g/mol. The van der Waals surface area contributed by atoms with Crippen molar-refractivity contribution in [1.82, 2.24) is 10.3 Å². The molecular formula is C15H18N2O. The van der Waals surface area contributed by atoms with Crippen molar-refractivity contribution in [2.24, 2.45) is 0 Å². The van der Waals surface area contributed by atoms with Crippen LogP contribution < -0.4 is 5.32 Å². The molecule has 1 aromatic carbocycles. The molecule has 0 saturated heterocycles. The van der Waals surface area contributed by atoms with Gasteiger partial charge in [0.25, 0.3) is 0 Å². The first-order chi connectivity index (χ1) is 8.72. The van der Waals surface area contributed by atoms with Gasteiger partial charge >= 0.3 is 0 Å². The van der Waals surface area contributed by atoms with Gasteiger partial charge in [-0.2, -0.15) is 0 Å². The summed E-state index contributed by atoms with van der Waals surface area (Å²) in [6.07, 6.45) is 4.10.